The second-order valence-electron chi connectivity index (χ2n) is 2.39. The lowest BCUT2D eigenvalue weighted by molar-refractivity contribution is 0.0892. The largest absolute Gasteiger partial charge is 0.396 e. The Hall–Kier alpha value is -1.65. The van der Waals surface area contributed by atoms with E-state index < -0.39 is 0 Å². The molecule has 2 N–H and O–H groups in total. The fraction of sp³-hybridized carbons (Fsp3) is 0.286. The fourth-order valence-electron chi connectivity index (χ4n) is 1.14. The Bertz CT molecular complexity index is 389. The minimum Gasteiger partial charge on any atom is -0.396 e. The van der Waals surface area contributed by atoms with Crippen molar-refractivity contribution < 1.29 is 4.84 Å². The molecule has 0 saturated heterocycles. The van der Waals surface area contributed by atoms with Gasteiger partial charge in [-0.1, -0.05) is 4.85 Å². The molecule has 0 aliphatic carbocycles. The van der Waals surface area contributed by atoms with Crippen LogP contribution in [-0.2, 0) is 0 Å². The van der Waals surface area contributed by atoms with Crippen molar-refractivity contribution in [3.05, 3.63) is 18.5 Å². The third-order valence-corrected chi connectivity index (χ3v) is 1.59. The lowest BCUT2D eigenvalue weighted by atomic mass is 10.6. The van der Waals surface area contributed by atoms with Crippen molar-refractivity contribution in [2.45, 2.75) is 6.92 Å². The number of nitrogens with zero attached hydrogens (tertiary/aromatic N) is 3. The standard InChI is InChI=1S/C7H10N4O/c1-2-12-11-6(8)5-7-9-3-4-10(7)11/h3-5H,2,8H2,1H3. The molecule has 2 rings (SSSR count). The molecule has 2 heterocycles. The maximum atomic E-state index is 5.66. The molecule has 0 aromatic carbocycles. The minimum atomic E-state index is 0.556. The molecule has 5 nitrogen and oxygen atoms in total. The van der Waals surface area contributed by atoms with Crippen LogP contribution >= 0.6 is 0 Å². The molecule has 0 fully saturated rings. The van der Waals surface area contributed by atoms with Crippen LogP contribution in [0.2, 0.25) is 0 Å². The number of imidazole rings is 1. The Kier molecular flexibility index (Phi) is 1.43. The van der Waals surface area contributed by atoms with Gasteiger partial charge >= 0.3 is 0 Å². The third-order valence-electron chi connectivity index (χ3n) is 1.59. The summed E-state index contributed by atoms with van der Waals surface area (Å²) in [6.07, 6.45) is 3.49. The highest BCUT2D eigenvalue weighted by atomic mass is 16.7. The van der Waals surface area contributed by atoms with Gasteiger partial charge in [0.15, 0.2) is 11.5 Å². The molecule has 0 amide bonds. The number of fused-ring (bicyclic) bond motifs is 1. The maximum absolute atomic E-state index is 5.66. The summed E-state index contributed by atoms with van der Waals surface area (Å²) in [7, 11) is 0. The average molecular weight is 166 g/mol. The van der Waals surface area contributed by atoms with E-state index in [-0.39, 0.29) is 0 Å². The number of nitrogen functional groups attached to an aromatic ring is 1. The van der Waals surface area contributed by atoms with Gasteiger partial charge in [-0.25, -0.2) is 9.50 Å². The van der Waals surface area contributed by atoms with E-state index >= 15 is 0 Å². The molecule has 12 heavy (non-hydrogen) atoms. The molecule has 0 atom stereocenters. The second-order valence-corrected chi connectivity index (χ2v) is 2.39. The highest BCUT2D eigenvalue weighted by Gasteiger charge is 2.05. The lowest BCUT2D eigenvalue weighted by Gasteiger charge is -2.05. The number of aromatic nitrogens is 3. The summed E-state index contributed by atoms with van der Waals surface area (Å²) in [5.41, 5.74) is 6.45. The first-order valence-electron chi connectivity index (χ1n) is 3.76. The van der Waals surface area contributed by atoms with Gasteiger partial charge in [-0.2, -0.15) is 0 Å². The summed E-state index contributed by atoms with van der Waals surface area (Å²) in [6, 6.07) is 1.76. The van der Waals surface area contributed by atoms with Gasteiger partial charge < -0.3 is 10.6 Å². The van der Waals surface area contributed by atoms with Crippen LogP contribution in [0.3, 0.4) is 0 Å². The predicted octanol–water partition coefficient (Wildman–Crippen LogP) is 0.166. The summed E-state index contributed by atoms with van der Waals surface area (Å²) >= 11 is 0. The molecule has 0 aliphatic heterocycles. The van der Waals surface area contributed by atoms with E-state index in [2.05, 4.69) is 4.98 Å². The first-order valence-corrected chi connectivity index (χ1v) is 3.76. The molecular formula is C7H10N4O. The molecule has 0 saturated carbocycles. The van der Waals surface area contributed by atoms with Crippen molar-refractivity contribution in [2.75, 3.05) is 12.3 Å². The Morgan fingerprint density at radius 2 is 2.50 bits per heavy atom. The van der Waals surface area contributed by atoms with E-state index in [1.165, 1.54) is 4.85 Å². The monoisotopic (exact) mass is 166 g/mol. The molecule has 0 aliphatic rings. The van der Waals surface area contributed by atoms with Crippen LogP contribution in [0.1, 0.15) is 6.92 Å². The zero-order valence-electron chi connectivity index (χ0n) is 6.77. The summed E-state index contributed by atoms with van der Waals surface area (Å²) in [5, 5.41) is 0. The molecule has 0 unspecified atom stereocenters. The van der Waals surface area contributed by atoms with Gasteiger partial charge in [0.05, 0.1) is 6.20 Å². The summed E-state index contributed by atoms with van der Waals surface area (Å²) in [6.45, 7) is 2.48. The topological polar surface area (TPSA) is 57.5 Å². The fourth-order valence-corrected chi connectivity index (χ4v) is 1.14. The molecule has 0 spiro atoms. The number of hydrogen-bond donors (Lipinski definition) is 1. The summed E-state index contributed by atoms with van der Waals surface area (Å²) in [4.78, 5) is 10.8. The molecule has 64 valence electrons. The molecular weight excluding hydrogens is 156 g/mol. The Labute approximate surface area is 69.3 Å². The van der Waals surface area contributed by atoms with E-state index in [1.54, 1.807) is 23.0 Å². The first kappa shape index (κ1) is 7.02. The van der Waals surface area contributed by atoms with E-state index in [9.17, 15) is 0 Å². The van der Waals surface area contributed by atoms with Gasteiger partial charge in [0.2, 0.25) is 0 Å². The number of nitrogens with two attached hydrogens (primary N) is 1. The van der Waals surface area contributed by atoms with Crippen LogP contribution in [0, 0.1) is 0 Å². The van der Waals surface area contributed by atoms with Crippen molar-refractivity contribution in [3.8, 4) is 0 Å². The molecule has 2 aromatic heterocycles. The molecule has 2 aromatic rings. The highest BCUT2D eigenvalue weighted by molar-refractivity contribution is 5.48. The van der Waals surface area contributed by atoms with E-state index in [1.807, 2.05) is 6.92 Å². The van der Waals surface area contributed by atoms with Crippen LogP contribution in [0.5, 0.6) is 0 Å². The van der Waals surface area contributed by atoms with Gasteiger partial charge in [0.25, 0.3) is 0 Å². The third kappa shape index (κ3) is 0.827. The van der Waals surface area contributed by atoms with Gasteiger partial charge in [-0.05, 0) is 6.92 Å². The molecule has 0 bridgehead atoms. The predicted molar refractivity (Wildman–Crippen MR) is 44.7 cm³/mol. The van der Waals surface area contributed by atoms with E-state index in [0.29, 0.717) is 12.4 Å². The van der Waals surface area contributed by atoms with Crippen molar-refractivity contribution in [1.29, 1.82) is 0 Å². The van der Waals surface area contributed by atoms with E-state index in [4.69, 9.17) is 10.6 Å². The quantitative estimate of drug-likeness (QED) is 0.691. The first-order chi connectivity index (χ1) is 5.83. The zero-order chi connectivity index (χ0) is 8.55. The summed E-state index contributed by atoms with van der Waals surface area (Å²) in [5.74, 6) is 0.556. The number of rotatable bonds is 2. The Balaban J connectivity index is 2.59. The zero-order valence-corrected chi connectivity index (χ0v) is 6.77. The molecule has 5 heteroatoms. The highest BCUT2D eigenvalue weighted by Crippen LogP contribution is 2.08. The second kappa shape index (κ2) is 2.44. The van der Waals surface area contributed by atoms with Crippen molar-refractivity contribution in [1.82, 2.24) is 14.3 Å². The van der Waals surface area contributed by atoms with Gasteiger partial charge in [0.1, 0.15) is 6.61 Å². The van der Waals surface area contributed by atoms with Crippen LogP contribution in [0.4, 0.5) is 5.82 Å². The normalized spacial score (nSPS) is 10.8. The van der Waals surface area contributed by atoms with Crippen LogP contribution in [0.25, 0.3) is 5.65 Å². The Morgan fingerprint density at radius 3 is 3.25 bits per heavy atom. The van der Waals surface area contributed by atoms with E-state index in [0.717, 1.165) is 5.65 Å². The Morgan fingerprint density at radius 1 is 1.67 bits per heavy atom. The van der Waals surface area contributed by atoms with Crippen LogP contribution < -0.4 is 10.6 Å². The minimum absolute atomic E-state index is 0.556. The number of hydrogen-bond acceptors (Lipinski definition) is 3. The lowest BCUT2D eigenvalue weighted by Crippen LogP contribution is -2.17. The molecule has 0 radical (unpaired) electrons. The maximum Gasteiger partial charge on any atom is 0.163 e. The van der Waals surface area contributed by atoms with Crippen molar-refractivity contribution in [3.63, 3.8) is 0 Å². The number of anilines is 1. The van der Waals surface area contributed by atoms with Gasteiger partial charge in [0, 0.05) is 12.3 Å². The van der Waals surface area contributed by atoms with Crippen LogP contribution in [-0.4, -0.2) is 21.0 Å². The van der Waals surface area contributed by atoms with Crippen molar-refractivity contribution in [2.24, 2.45) is 0 Å². The smallest absolute Gasteiger partial charge is 0.163 e. The summed E-state index contributed by atoms with van der Waals surface area (Å²) < 4.78 is 1.75. The average Bonchev–Trinajstić information content (AvgIpc) is 2.56. The van der Waals surface area contributed by atoms with Gasteiger partial charge in [-0.3, -0.25) is 0 Å². The van der Waals surface area contributed by atoms with Crippen molar-refractivity contribution >= 4 is 11.5 Å². The van der Waals surface area contributed by atoms with Gasteiger partial charge in [-0.15, -0.1) is 0 Å². The SMILES string of the molecule is CCOn1c(N)cc2nccn21. The van der Waals surface area contributed by atoms with Crippen LogP contribution in [0.15, 0.2) is 18.5 Å².